The molecule has 0 fully saturated rings. The van der Waals surface area contributed by atoms with Crippen molar-refractivity contribution in [2.24, 2.45) is 0 Å². The Bertz CT molecular complexity index is 1450. The van der Waals surface area contributed by atoms with Crippen LogP contribution < -0.4 is 10.1 Å². The average molecular weight is 551 g/mol. The van der Waals surface area contributed by atoms with Crippen LogP contribution in [0.1, 0.15) is 28.6 Å². The van der Waals surface area contributed by atoms with Gasteiger partial charge in [0, 0.05) is 12.0 Å². The Labute approximate surface area is 227 Å². The Morgan fingerprint density at radius 1 is 0.974 bits per heavy atom. The van der Waals surface area contributed by atoms with Gasteiger partial charge in [0.15, 0.2) is 0 Å². The molecule has 1 unspecified atom stereocenters. The number of hydrogen-bond acceptors (Lipinski definition) is 8. The molecule has 0 radical (unpaired) electrons. The average Bonchev–Trinajstić information content (AvgIpc) is 3.31. The van der Waals surface area contributed by atoms with E-state index in [4.69, 9.17) is 18.1 Å². The second-order valence-corrected chi connectivity index (χ2v) is 10.4. The maximum Gasteiger partial charge on any atom is 0.408 e. The van der Waals surface area contributed by atoms with Crippen molar-refractivity contribution < 1.29 is 31.3 Å². The first kappa shape index (κ1) is 27.9. The minimum atomic E-state index is -3.71. The summed E-state index contributed by atoms with van der Waals surface area (Å²) in [7, 11) is -3.71. The Balaban J connectivity index is 1.34. The topological polar surface area (TPSA) is 117 Å². The number of carbonyl (C=O) groups is 1. The van der Waals surface area contributed by atoms with Crippen LogP contribution in [0.15, 0.2) is 89.3 Å². The number of alkyl carbamates (subject to hydrolysis) is 1. The quantitative estimate of drug-likeness (QED) is 0.239. The molecule has 1 N–H and O–H groups in total. The van der Waals surface area contributed by atoms with Crippen LogP contribution in [0.4, 0.5) is 4.79 Å². The molecule has 0 bridgehead atoms. The molecule has 4 aromatic rings. The predicted molar refractivity (Wildman–Crippen MR) is 146 cm³/mol. The summed E-state index contributed by atoms with van der Waals surface area (Å²) in [4.78, 5) is 17.0. The fraction of sp³-hybridized carbons (Fsp3) is 0.241. The first-order valence-electron chi connectivity index (χ1n) is 12.3. The standard InChI is InChI=1S/C29H30N2O7S/c1-21-26(30-28(38-21)24-11-7-4-8-12-24)17-18-35-25-15-13-23(14-16-25)27(20-37-39(2,33)34)31-29(32)36-19-22-9-5-3-6-10-22/h3-16,27H,17-20H2,1-2H3,(H,31,32). The molecule has 3 aromatic carbocycles. The van der Waals surface area contributed by atoms with Crippen molar-refractivity contribution in [3.63, 3.8) is 0 Å². The smallest absolute Gasteiger partial charge is 0.408 e. The van der Waals surface area contributed by atoms with E-state index < -0.39 is 22.3 Å². The Hall–Kier alpha value is -4.15. The van der Waals surface area contributed by atoms with Crippen LogP contribution in [0.3, 0.4) is 0 Å². The van der Waals surface area contributed by atoms with Gasteiger partial charge in [-0.1, -0.05) is 60.7 Å². The predicted octanol–water partition coefficient (Wildman–Crippen LogP) is 5.22. The second-order valence-electron chi connectivity index (χ2n) is 8.80. The van der Waals surface area contributed by atoms with E-state index in [9.17, 15) is 13.2 Å². The molecule has 1 aromatic heterocycles. The molecule has 10 heteroatoms. The Kier molecular flexibility index (Phi) is 9.35. The molecule has 1 atom stereocenters. The molecule has 1 amide bonds. The summed E-state index contributed by atoms with van der Waals surface area (Å²) in [5, 5.41) is 2.67. The minimum absolute atomic E-state index is 0.0803. The number of aryl methyl sites for hydroxylation is 1. The molecule has 204 valence electrons. The zero-order chi connectivity index (χ0) is 27.7. The molecule has 0 saturated heterocycles. The molecule has 39 heavy (non-hydrogen) atoms. The number of nitrogens with one attached hydrogen (secondary N) is 1. The van der Waals surface area contributed by atoms with Crippen LogP contribution in [-0.2, 0) is 32.1 Å². The van der Waals surface area contributed by atoms with Gasteiger partial charge < -0.3 is 19.2 Å². The molecular formula is C29H30N2O7S. The highest BCUT2D eigenvalue weighted by atomic mass is 32.2. The second kappa shape index (κ2) is 13.1. The van der Waals surface area contributed by atoms with E-state index in [0.29, 0.717) is 30.2 Å². The Morgan fingerprint density at radius 3 is 2.31 bits per heavy atom. The van der Waals surface area contributed by atoms with Gasteiger partial charge in [-0.25, -0.2) is 9.78 Å². The number of benzene rings is 3. The third-order valence-corrected chi connectivity index (χ3v) is 6.32. The van der Waals surface area contributed by atoms with Crippen molar-refractivity contribution >= 4 is 16.2 Å². The lowest BCUT2D eigenvalue weighted by molar-refractivity contribution is 0.131. The molecule has 0 saturated carbocycles. The van der Waals surface area contributed by atoms with Crippen molar-refractivity contribution in [2.45, 2.75) is 26.0 Å². The third kappa shape index (κ3) is 8.69. The summed E-state index contributed by atoms with van der Waals surface area (Å²) in [6.07, 6.45) is 0.816. The summed E-state index contributed by atoms with van der Waals surface area (Å²) >= 11 is 0. The zero-order valence-electron chi connectivity index (χ0n) is 21.7. The highest BCUT2D eigenvalue weighted by Gasteiger charge is 2.19. The van der Waals surface area contributed by atoms with E-state index in [1.54, 1.807) is 24.3 Å². The number of aromatic nitrogens is 1. The number of carbonyl (C=O) groups excluding carboxylic acids is 1. The maximum absolute atomic E-state index is 12.4. The monoisotopic (exact) mass is 550 g/mol. The van der Waals surface area contributed by atoms with E-state index in [1.165, 1.54) is 0 Å². The van der Waals surface area contributed by atoms with E-state index in [2.05, 4.69) is 10.3 Å². The molecule has 4 rings (SSSR count). The molecule has 0 spiro atoms. The van der Waals surface area contributed by atoms with Crippen LogP contribution in [0.5, 0.6) is 5.75 Å². The highest BCUT2D eigenvalue weighted by molar-refractivity contribution is 7.85. The van der Waals surface area contributed by atoms with Gasteiger partial charge in [-0.15, -0.1) is 0 Å². The van der Waals surface area contributed by atoms with Gasteiger partial charge in [0.1, 0.15) is 18.1 Å². The molecule has 0 aliphatic heterocycles. The van der Waals surface area contributed by atoms with E-state index in [-0.39, 0.29) is 13.2 Å². The first-order chi connectivity index (χ1) is 18.8. The van der Waals surface area contributed by atoms with Crippen LogP contribution in [0, 0.1) is 6.92 Å². The largest absolute Gasteiger partial charge is 0.493 e. The van der Waals surface area contributed by atoms with Crippen LogP contribution in [-0.4, -0.2) is 39.0 Å². The van der Waals surface area contributed by atoms with Crippen molar-refractivity contribution in [1.82, 2.24) is 10.3 Å². The number of oxazole rings is 1. The molecular weight excluding hydrogens is 520 g/mol. The summed E-state index contributed by atoms with van der Waals surface area (Å²) in [5.74, 6) is 1.92. The maximum atomic E-state index is 12.4. The van der Waals surface area contributed by atoms with Gasteiger partial charge in [-0.2, -0.15) is 8.42 Å². The van der Waals surface area contributed by atoms with E-state index >= 15 is 0 Å². The van der Waals surface area contributed by atoms with E-state index in [1.807, 2.05) is 67.6 Å². The number of ether oxygens (including phenoxy) is 2. The zero-order valence-corrected chi connectivity index (χ0v) is 22.5. The van der Waals surface area contributed by atoms with Gasteiger partial charge in [0.25, 0.3) is 10.1 Å². The first-order valence-corrected chi connectivity index (χ1v) is 14.1. The molecule has 0 aliphatic carbocycles. The minimum Gasteiger partial charge on any atom is -0.493 e. The number of nitrogens with zero attached hydrogens (tertiary/aromatic N) is 1. The van der Waals surface area contributed by atoms with Gasteiger partial charge >= 0.3 is 6.09 Å². The summed E-state index contributed by atoms with van der Waals surface area (Å²) in [6, 6.07) is 25.1. The molecule has 0 aliphatic rings. The van der Waals surface area contributed by atoms with Crippen LogP contribution >= 0.6 is 0 Å². The third-order valence-electron chi connectivity index (χ3n) is 5.76. The number of amides is 1. The molecule has 1 heterocycles. The van der Waals surface area contributed by atoms with Crippen molar-refractivity contribution in [2.75, 3.05) is 19.5 Å². The van der Waals surface area contributed by atoms with Crippen molar-refractivity contribution in [3.8, 4) is 17.2 Å². The summed E-state index contributed by atoms with van der Waals surface area (Å²) < 4.78 is 45.0. The Morgan fingerprint density at radius 2 is 1.64 bits per heavy atom. The summed E-state index contributed by atoms with van der Waals surface area (Å²) in [6.45, 7) is 2.05. The SMILES string of the molecule is Cc1oc(-c2ccccc2)nc1CCOc1ccc(C(COS(C)(=O)=O)NC(=O)OCc2ccccc2)cc1. The van der Waals surface area contributed by atoms with Crippen LogP contribution in [0.2, 0.25) is 0 Å². The number of hydrogen-bond donors (Lipinski definition) is 1. The van der Waals surface area contributed by atoms with Crippen molar-refractivity contribution in [1.29, 1.82) is 0 Å². The molecule has 9 nitrogen and oxygen atoms in total. The highest BCUT2D eigenvalue weighted by Crippen LogP contribution is 2.23. The normalized spacial score (nSPS) is 12.1. The fourth-order valence-corrected chi connectivity index (χ4v) is 4.13. The lowest BCUT2D eigenvalue weighted by Crippen LogP contribution is -2.32. The van der Waals surface area contributed by atoms with Gasteiger partial charge in [0.2, 0.25) is 5.89 Å². The van der Waals surface area contributed by atoms with Gasteiger partial charge in [-0.05, 0) is 42.3 Å². The number of rotatable bonds is 12. The van der Waals surface area contributed by atoms with Gasteiger partial charge in [-0.3, -0.25) is 4.18 Å². The lowest BCUT2D eigenvalue weighted by atomic mass is 10.1. The van der Waals surface area contributed by atoms with Crippen molar-refractivity contribution in [3.05, 3.63) is 108 Å². The summed E-state index contributed by atoms with van der Waals surface area (Å²) in [5.41, 5.74) is 3.19. The fourth-order valence-electron chi connectivity index (χ4n) is 3.75. The van der Waals surface area contributed by atoms with Gasteiger partial charge in [0.05, 0.1) is 31.2 Å². The van der Waals surface area contributed by atoms with E-state index in [0.717, 1.165) is 28.8 Å². The lowest BCUT2D eigenvalue weighted by Gasteiger charge is -2.19. The van der Waals surface area contributed by atoms with Crippen LogP contribution in [0.25, 0.3) is 11.5 Å².